The highest BCUT2D eigenvalue weighted by Crippen LogP contribution is 2.22. The maximum Gasteiger partial charge on any atom is 0.411 e. The summed E-state index contributed by atoms with van der Waals surface area (Å²) in [7, 11) is -3.54. The summed E-state index contributed by atoms with van der Waals surface area (Å²) >= 11 is 0. The summed E-state index contributed by atoms with van der Waals surface area (Å²) in [5.41, 5.74) is 0.505. The van der Waals surface area contributed by atoms with E-state index >= 15 is 0 Å². The van der Waals surface area contributed by atoms with Crippen molar-refractivity contribution in [2.24, 2.45) is 0 Å². The van der Waals surface area contributed by atoms with Crippen molar-refractivity contribution in [1.29, 1.82) is 0 Å². The van der Waals surface area contributed by atoms with Crippen molar-refractivity contribution in [3.63, 3.8) is 0 Å². The number of unbranched alkanes of at least 4 members (excludes halogenated alkanes) is 3. The van der Waals surface area contributed by atoms with E-state index in [-0.39, 0.29) is 4.90 Å². The smallest absolute Gasteiger partial charge is 0.411 e. The van der Waals surface area contributed by atoms with Crippen LogP contribution in [0.15, 0.2) is 29.2 Å². The minimum atomic E-state index is -3.54. The fraction of sp³-hybridized carbons (Fsp3) is 0.632. The Morgan fingerprint density at radius 3 is 1.92 bits per heavy atom. The van der Waals surface area contributed by atoms with Gasteiger partial charge in [0.05, 0.1) is 4.90 Å². The Kier molecular flexibility index (Phi) is 9.65. The largest absolute Gasteiger partial charge is 0.465 e. The number of carboxylic acid groups (broad SMARTS) is 1. The maximum absolute atomic E-state index is 12.8. The van der Waals surface area contributed by atoms with E-state index < -0.39 is 16.1 Å². The zero-order valence-corrected chi connectivity index (χ0v) is 17.0. The first kappa shape index (κ1) is 22.4. The number of rotatable bonds is 12. The van der Waals surface area contributed by atoms with Crippen molar-refractivity contribution < 1.29 is 18.3 Å². The summed E-state index contributed by atoms with van der Waals surface area (Å²) in [6, 6.07) is 6.17. The van der Waals surface area contributed by atoms with Gasteiger partial charge in [0.2, 0.25) is 10.0 Å². The third-order valence-electron chi connectivity index (χ3n) is 4.20. The van der Waals surface area contributed by atoms with Gasteiger partial charge in [-0.3, -0.25) is 4.90 Å². The number of hydrogen-bond acceptors (Lipinski definition) is 3. The number of carbonyl (C=O) groups is 1. The Bertz CT molecular complexity index is 638. The summed E-state index contributed by atoms with van der Waals surface area (Å²) < 4.78 is 27.0. The minimum absolute atomic E-state index is 0.208. The lowest BCUT2D eigenvalue weighted by Gasteiger charge is -2.22. The molecule has 1 amide bonds. The van der Waals surface area contributed by atoms with E-state index in [1.807, 2.05) is 13.8 Å². The van der Waals surface area contributed by atoms with Crippen LogP contribution in [0.3, 0.4) is 0 Å². The molecule has 0 atom stereocenters. The molecule has 26 heavy (non-hydrogen) atoms. The highest BCUT2D eigenvalue weighted by molar-refractivity contribution is 7.89. The van der Waals surface area contributed by atoms with Crippen LogP contribution in [0.2, 0.25) is 0 Å². The number of sulfonamides is 1. The predicted octanol–water partition coefficient (Wildman–Crippen LogP) is 4.56. The highest BCUT2D eigenvalue weighted by Gasteiger charge is 2.23. The Labute approximate surface area is 157 Å². The molecule has 0 aromatic heterocycles. The van der Waals surface area contributed by atoms with Crippen LogP contribution in [0, 0.1) is 0 Å². The molecular formula is C19H32N2O4S. The molecule has 0 unspecified atom stereocenters. The summed E-state index contributed by atoms with van der Waals surface area (Å²) in [5.74, 6) is 0. The first-order chi connectivity index (χ1) is 12.4. The highest BCUT2D eigenvalue weighted by atomic mass is 32.2. The van der Waals surface area contributed by atoms with Gasteiger partial charge in [-0.25, -0.2) is 13.2 Å². The van der Waals surface area contributed by atoms with Gasteiger partial charge in [0.1, 0.15) is 0 Å². The molecule has 0 aliphatic heterocycles. The maximum atomic E-state index is 12.8. The van der Waals surface area contributed by atoms with Crippen LogP contribution in [-0.2, 0) is 10.0 Å². The molecule has 1 N–H and O–H groups in total. The van der Waals surface area contributed by atoms with E-state index in [1.54, 1.807) is 12.1 Å². The van der Waals surface area contributed by atoms with Gasteiger partial charge in [-0.15, -0.1) is 0 Å². The van der Waals surface area contributed by atoms with Crippen molar-refractivity contribution in [1.82, 2.24) is 4.31 Å². The van der Waals surface area contributed by atoms with E-state index in [2.05, 4.69) is 6.92 Å². The summed E-state index contributed by atoms with van der Waals surface area (Å²) in [4.78, 5) is 13.0. The Balaban J connectivity index is 2.95. The lowest BCUT2D eigenvalue weighted by atomic mass is 10.2. The molecule has 6 nitrogen and oxygen atoms in total. The van der Waals surface area contributed by atoms with E-state index in [0.717, 1.165) is 38.5 Å². The number of benzene rings is 1. The van der Waals surface area contributed by atoms with Crippen molar-refractivity contribution in [2.75, 3.05) is 24.5 Å². The Morgan fingerprint density at radius 2 is 1.46 bits per heavy atom. The predicted molar refractivity (Wildman–Crippen MR) is 105 cm³/mol. The van der Waals surface area contributed by atoms with Crippen LogP contribution in [0.5, 0.6) is 0 Å². The Hall–Kier alpha value is -1.60. The molecule has 0 saturated heterocycles. The number of hydrogen-bond donors (Lipinski definition) is 1. The monoisotopic (exact) mass is 384 g/mol. The van der Waals surface area contributed by atoms with Crippen LogP contribution < -0.4 is 4.90 Å². The van der Waals surface area contributed by atoms with Gasteiger partial charge < -0.3 is 5.11 Å². The topological polar surface area (TPSA) is 77.9 Å². The van der Waals surface area contributed by atoms with Gasteiger partial charge in [0.25, 0.3) is 0 Å². The van der Waals surface area contributed by atoms with Gasteiger partial charge in [-0.1, -0.05) is 40.0 Å². The van der Waals surface area contributed by atoms with Crippen molar-refractivity contribution in [2.45, 2.75) is 64.2 Å². The van der Waals surface area contributed by atoms with E-state index in [9.17, 15) is 18.3 Å². The summed E-state index contributed by atoms with van der Waals surface area (Å²) in [6.45, 7) is 7.38. The molecule has 0 fully saturated rings. The Morgan fingerprint density at radius 1 is 0.885 bits per heavy atom. The second-order valence-electron chi connectivity index (χ2n) is 6.39. The zero-order chi connectivity index (χ0) is 19.6. The summed E-state index contributed by atoms with van der Waals surface area (Å²) in [6.07, 6.45) is 4.43. The van der Waals surface area contributed by atoms with Crippen molar-refractivity contribution in [3.05, 3.63) is 24.3 Å². The second kappa shape index (κ2) is 11.2. The third kappa shape index (κ3) is 6.29. The van der Waals surface area contributed by atoms with Gasteiger partial charge in [0, 0.05) is 25.3 Å². The molecule has 0 radical (unpaired) electrons. The lowest BCUT2D eigenvalue weighted by molar-refractivity contribution is 0.201. The van der Waals surface area contributed by atoms with Crippen LogP contribution in [0.4, 0.5) is 10.5 Å². The molecule has 1 aromatic carbocycles. The molecule has 0 saturated carbocycles. The molecule has 7 heteroatoms. The average Bonchev–Trinajstić information content (AvgIpc) is 2.61. The number of amides is 1. The zero-order valence-electron chi connectivity index (χ0n) is 16.1. The fourth-order valence-electron chi connectivity index (χ4n) is 2.83. The molecule has 1 rings (SSSR count). The molecule has 0 bridgehead atoms. The SMILES string of the molecule is CCCCCCN(C(=O)O)c1ccc(S(=O)(=O)N(CCC)CCC)cc1. The number of nitrogens with zero attached hydrogens (tertiary/aromatic N) is 2. The van der Waals surface area contributed by atoms with E-state index in [4.69, 9.17) is 0 Å². The quantitative estimate of drug-likeness (QED) is 0.536. The van der Waals surface area contributed by atoms with Crippen LogP contribution in [0.1, 0.15) is 59.3 Å². The third-order valence-corrected chi connectivity index (χ3v) is 6.11. The van der Waals surface area contributed by atoms with E-state index in [1.165, 1.54) is 21.3 Å². The fourth-order valence-corrected chi connectivity index (χ4v) is 4.45. The molecule has 148 valence electrons. The number of anilines is 1. The van der Waals surface area contributed by atoms with Crippen LogP contribution >= 0.6 is 0 Å². The molecule has 0 spiro atoms. The van der Waals surface area contributed by atoms with Crippen LogP contribution in [0.25, 0.3) is 0 Å². The van der Waals surface area contributed by atoms with Gasteiger partial charge >= 0.3 is 6.09 Å². The van der Waals surface area contributed by atoms with Crippen LogP contribution in [-0.4, -0.2) is 43.6 Å². The van der Waals surface area contributed by atoms with Gasteiger partial charge in [-0.2, -0.15) is 4.31 Å². The lowest BCUT2D eigenvalue weighted by Crippen LogP contribution is -2.33. The first-order valence-electron chi connectivity index (χ1n) is 9.49. The van der Waals surface area contributed by atoms with Crippen molar-refractivity contribution >= 4 is 21.8 Å². The van der Waals surface area contributed by atoms with Crippen molar-refractivity contribution in [3.8, 4) is 0 Å². The standard InChI is InChI=1S/C19H32N2O4S/c1-4-7-8-9-16-21(19(22)23)17-10-12-18(13-11-17)26(24,25)20(14-5-2)15-6-3/h10-13H,4-9,14-16H2,1-3H3,(H,22,23). The van der Waals surface area contributed by atoms with E-state index in [0.29, 0.717) is 25.3 Å². The molecule has 0 heterocycles. The summed E-state index contributed by atoms with van der Waals surface area (Å²) in [5, 5.41) is 9.44. The second-order valence-corrected chi connectivity index (χ2v) is 8.33. The minimum Gasteiger partial charge on any atom is -0.465 e. The normalized spacial score (nSPS) is 11.7. The molecule has 0 aliphatic carbocycles. The average molecular weight is 385 g/mol. The van der Waals surface area contributed by atoms with Gasteiger partial charge in [0.15, 0.2) is 0 Å². The molecule has 0 aliphatic rings. The molecular weight excluding hydrogens is 352 g/mol. The first-order valence-corrected chi connectivity index (χ1v) is 10.9. The van der Waals surface area contributed by atoms with Gasteiger partial charge in [-0.05, 0) is 43.5 Å². The molecule has 1 aromatic rings.